The van der Waals surface area contributed by atoms with E-state index in [1.807, 2.05) is 0 Å². The van der Waals surface area contributed by atoms with Crippen LogP contribution in [0.15, 0.2) is 0 Å². The van der Waals surface area contributed by atoms with Gasteiger partial charge in [-0.25, -0.2) is 4.79 Å². The van der Waals surface area contributed by atoms with Crippen LogP contribution in [0.4, 0.5) is 4.79 Å². The zero-order valence-electron chi connectivity index (χ0n) is 8.16. The van der Waals surface area contributed by atoms with Crippen LogP contribution >= 0.6 is 0 Å². The number of carbonyl (C=O) groups excluding carboxylic acids is 1. The molecule has 0 bridgehead atoms. The lowest BCUT2D eigenvalue weighted by Crippen LogP contribution is -2.39. The summed E-state index contributed by atoms with van der Waals surface area (Å²) in [5.41, 5.74) is 5.24. The van der Waals surface area contributed by atoms with Crippen molar-refractivity contribution in [3.05, 3.63) is 0 Å². The molecule has 2 N–H and O–H groups in total. The highest BCUT2D eigenvalue weighted by Crippen LogP contribution is 2.16. The van der Waals surface area contributed by atoms with E-state index in [4.69, 9.17) is 10.5 Å². The van der Waals surface area contributed by atoms with Gasteiger partial charge in [0.15, 0.2) is 0 Å². The first-order valence-electron chi connectivity index (χ1n) is 4.77. The van der Waals surface area contributed by atoms with Crippen molar-refractivity contribution < 1.29 is 9.53 Å². The number of nitrogens with two attached hydrogens (primary N) is 1. The van der Waals surface area contributed by atoms with Crippen LogP contribution in [0.3, 0.4) is 0 Å². The van der Waals surface area contributed by atoms with Gasteiger partial charge in [0.2, 0.25) is 0 Å². The van der Waals surface area contributed by atoms with E-state index in [1.54, 1.807) is 12.0 Å². The second-order valence-corrected chi connectivity index (χ2v) is 3.60. The smallest absolute Gasteiger partial charge is 0.314 e. The number of ether oxygens (including phenoxy) is 1. The molecule has 4 nitrogen and oxygen atoms in total. The first-order valence-corrected chi connectivity index (χ1v) is 4.77. The van der Waals surface area contributed by atoms with Crippen LogP contribution < -0.4 is 5.73 Å². The van der Waals surface area contributed by atoms with Crippen molar-refractivity contribution in [2.75, 3.05) is 26.8 Å². The van der Waals surface area contributed by atoms with Crippen LogP contribution in [0, 0.1) is 5.92 Å². The van der Waals surface area contributed by atoms with E-state index in [-0.39, 0.29) is 6.03 Å². The minimum atomic E-state index is -0.303. The molecule has 0 aromatic rings. The quantitative estimate of drug-likeness (QED) is 0.694. The predicted molar refractivity (Wildman–Crippen MR) is 50.4 cm³/mol. The fraction of sp³-hybridized carbons (Fsp3) is 0.889. The molecule has 1 heterocycles. The Morgan fingerprint density at radius 3 is 3.00 bits per heavy atom. The van der Waals surface area contributed by atoms with Crippen molar-refractivity contribution in [2.24, 2.45) is 11.7 Å². The Labute approximate surface area is 79.0 Å². The lowest BCUT2D eigenvalue weighted by atomic mass is 10.1. The monoisotopic (exact) mass is 186 g/mol. The maximum atomic E-state index is 11.0. The summed E-state index contributed by atoms with van der Waals surface area (Å²) in [6, 6.07) is -0.303. The summed E-state index contributed by atoms with van der Waals surface area (Å²) >= 11 is 0. The van der Waals surface area contributed by atoms with Crippen LogP contribution in [-0.4, -0.2) is 37.7 Å². The molecule has 1 unspecified atom stereocenters. The molecule has 4 heteroatoms. The van der Waals surface area contributed by atoms with Crippen LogP contribution in [-0.2, 0) is 4.74 Å². The van der Waals surface area contributed by atoms with Gasteiger partial charge in [0.25, 0.3) is 0 Å². The Bertz CT molecular complexity index is 173. The van der Waals surface area contributed by atoms with Gasteiger partial charge in [-0.2, -0.15) is 0 Å². The summed E-state index contributed by atoms with van der Waals surface area (Å²) in [6.07, 6.45) is 3.36. The van der Waals surface area contributed by atoms with Crippen LogP contribution in [0.1, 0.15) is 19.3 Å². The Kier molecular flexibility index (Phi) is 4.02. The largest absolute Gasteiger partial charge is 0.384 e. The van der Waals surface area contributed by atoms with Crippen LogP contribution in [0.2, 0.25) is 0 Å². The zero-order chi connectivity index (χ0) is 9.68. The number of hydrogen-bond donors (Lipinski definition) is 1. The number of rotatable bonds is 2. The molecule has 2 amide bonds. The van der Waals surface area contributed by atoms with Gasteiger partial charge < -0.3 is 15.4 Å². The molecule has 1 saturated heterocycles. The Balaban J connectivity index is 2.44. The van der Waals surface area contributed by atoms with Gasteiger partial charge >= 0.3 is 6.03 Å². The molecule has 0 radical (unpaired) electrons. The first-order chi connectivity index (χ1) is 6.24. The molecule has 13 heavy (non-hydrogen) atoms. The third-order valence-electron chi connectivity index (χ3n) is 2.48. The molecule has 0 spiro atoms. The van der Waals surface area contributed by atoms with Crippen molar-refractivity contribution in [1.29, 1.82) is 0 Å². The predicted octanol–water partition coefficient (Wildman–Crippen LogP) is 0.814. The normalized spacial score (nSPS) is 24.1. The number of primary amides is 1. The van der Waals surface area contributed by atoms with Crippen molar-refractivity contribution >= 4 is 6.03 Å². The fourth-order valence-electron chi connectivity index (χ4n) is 1.80. The summed E-state index contributed by atoms with van der Waals surface area (Å²) in [5, 5.41) is 0. The summed E-state index contributed by atoms with van der Waals surface area (Å²) in [5.74, 6) is 0.458. The first kappa shape index (κ1) is 10.3. The van der Waals surface area contributed by atoms with Crippen molar-refractivity contribution in [3.63, 3.8) is 0 Å². The lowest BCUT2D eigenvalue weighted by Gasteiger charge is -2.21. The molecule has 1 aliphatic heterocycles. The highest BCUT2D eigenvalue weighted by Gasteiger charge is 2.19. The van der Waals surface area contributed by atoms with Gasteiger partial charge in [-0.1, -0.05) is 6.42 Å². The number of hydrogen-bond acceptors (Lipinski definition) is 2. The van der Waals surface area contributed by atoms with E-state index in [0.29, 0.717) is 5.92 Å². The van der Waals surface area contributed by atoms with Crippen molar-refractivity contribution in [1.82, 2.24) is 4.90 Å². The van der Waals surface area contributed by atoms with Crippen LogP contribution in [0.5, 0.6) is 0 Å². The molecule has 76 valence electrons. The van der Waals surface area contributed by atoms with Gasteiger partial charge in [0, 0.05) is 20.2 Å². The molecule has 0 aliphatic carbocycles. The third kappa shape index (κ3) is 3.22. The van der Waals surface area contributed by atoms with Crippen molar-refractivity contribution in [2.45, 2.75) is 19.3 Å². The SMILES string of the molecule is COCC1CCCCN(C(N)=O)C1. The molecular formula is C9H18N2O2. The Morgan fingerprint density at radius 1 is 1.62 bits per heavy atom. The minimum Gasteiger partial charge on any atom is -0.384 e. The molecule has 0 aromatic heterocycles. The van der Waals surface area contributed by atoms with Gasteiger partial charge in [-0.3, -0.25) is 0 Å². The number of carbonyl (C=O) groups is 1. The van der Waals surface area contributed by atoms with E-state index >= 15 is 0 Å². The zero-order valence-corrected chi connectivity index (χ0v) is 8.16. The summed E-state index contributed by atoms with van der Waals surface area (Å²) in [6.45, 7) is 2.28. The standard InChI is InChI=1S/C9H18N2O2/c1-13-7-8-4-2-3-5-11(6-8)9(10)12/h8H,2-7H2,1H3,(H2,10,12). The highest BCUT2D eigenvalue weighted by atomic mass is 16.5. The van der Waals surface area contributed by atoms with E-state index in [1.165, 1.54) is 0 Å². The fourth-order valence-corrected chi connectivity index (χ4v) is 1.80. The number of urea groups is 1. The lowest BCUT2D eigenvalue weighted by molar-refractivity contribution is 0.131. The molecule has 1 fully saturated rings. The number of amides is 2. The summed E-state index contributed by atoms with van der Waals surface area (Å²) in [7, 11) is 1.69. The van der Waals surface area contributed by atoms with Gasteiger partial charge in [-0.15, -0.1) is 0 Å². The molecule has 1 aliphatic rings. The van der Waals surface area contributed by atoms with Crippen LogP contribution in [0.25, 0.3) is 0 Å². The molecule has 1 rings (SSSR count). The number of likely N-dealkylation sites (tertiary alicyclic amines) is 1. The Hall–Kier alpha value is -0.770. The number of methoxy groups -OCH3 is 1. The third-order valence-corrected chi connectivity index (χ3v) is 2.48. The van der Waals surface area contributed by atoms with E-state index < -0.39 is 0 Å². The van der Waals surface area contributed by atoms with Gasteiger partial charge in [0.1, 0.15) is 0 Å². The maximum absolute atomic E-state index is 11.0. The molecule has 1 atom stereocenters. The average molecular weight is 186 g/mol. The van der Waals surface area contributed by atoms with E-state index in [9.17, 15) is 4.79 Å². The van der Waals surface area contributed by atoms with Gasteiger partial charge in [-0.05, 0) is 18.8 Å². The second kappa shape index (κ2) is 5.07. The summed E-state index contributed by atoms with van der Waals surface area (Å²) < 4.78 is 5.09. The topological polar surface area (TPSA) is 55.6 Å². The highest BCUT2D eigenvalue weighted by molar-refractivity contribution is 5.71. The van der Waals surface area contributed by atoms with Crippen molar-refractivity contribution in [3.8, 4) is 0 Å². The molecular weight excluding hydrogens is 168 g/mol. The van der Waals surface area contributed by atoms with E-state index in [2.05, 4.69) is 0 Å². The summed E-state index contributed by atoms with van der Waals surface area (Å²) in [4.78, 5) is 12.7. The van der Waals surface area contributed by atoms with Gasteiger partial charge in [0.05, 0.1) is 6.61 Å². The Morgan fingerprint density at radius 2 is 2.38 bits per heavy atom. The van der Waals surface area contributed by atoms with E-state index in [0.717, 1.165) is 39.0 Å². The molecule has 0 saturated carbocycles. The maximum Gasteiger partial charge on any atom is 0.314 e. The molecule has 0 aromatic carbocycles. The minimum absolute atomic E-state index is 0.303. The second-order valence-electron chi connectivity index (χ2n) is 3.60. The number of nitrogens with zero attached hydrogens (tertiary/aromatic N) is 1. The average Bonchev–Trinajstić information content (AvgIpc) is 2.30.